The summed E-state index contributed by atoms with van der Waals surface area (Å²) < 4.78 is 12.9. The number of hydrogen-bond donors (Lipinski definition) is 1. The summed E-state index contributed by atoms with van der Waals surface area (Å²) >= 11 is 0. The van der Waals surface area contributed by atoms with Crippen LogP contribution < -0.4 is 4.74 Å². The Hall–Kier alpha value is -3.58. The van der Waals surface area contributed by atoms with Gasteiger partial charge in [0.1, 0.15) is 11.5 Å². The van der Waals surface area contributed by atoms with E-state index in [4.69, 9.17) is 9.47 Å². The van der Waals surface area contributed by atoms with Gasteiger partial charge in [-0.2, -0.15) is 0 Å². The monoisotopic (exact) mass is 476 g/mol. The molecular formula is C28H32N2O5. The Morgan fingerprint density at radius 3 is 2.60 bits per heavy atom. The number of fused-ring (bicyclic) bond motifs is 1. The SMILES string of the molecule is CCCOc1ccc(/C(O)=C2\C(=O)C(=O)N(CCCOC)C2c2cn(C)c3ccccc23)cc1C. The first-order valence-corrected chi connectivity index (χ1v) is 11.9. The minimum atomic E-state index is -0.700. The van der Waals surface area contributed by atoms with Gasteiger partial charge >= 0.3 is 0 Å². The van der Waals surface area contributed by atoms with Crippen LogP contribution in [0, 0.1) is 6.92 Å². The third kappa shape index (κ3) is 4.56. The van der Waals surface area contributed by atoms with E-state index in [9.17, 15) is 14.7 Å². The number of aliphatic hydroxyl groups is 1. The van der Waals surface area contributed by atoms with Gasteiger partial charge in [0.15, 0.2) is 0 Å². The van der Waals surface area contributed by atoms with Crippen molar-refractivity contribution in [3.63, 3.8) is 0 Å². The van der Waals surface area contributed by atoms with E-state index in [2.05, 4.69) is 0 Å². The second-order valence-corrected chi connectivity index (χ2v) is 8.88. The first kappa shape index (κ1) is 24.5. The third-order valence-corrected chi connectivity index (χ3v) is 6.42. The van der Waals surface area contributed by atoms with Gasteiger partial charge in [0, 0.05) is 55.5 Å². The van der Waals surface area contributed by atoms with E-state index < -0.39 is 17.7 Å². The molecule has 0 radical (unpaired) electrons. The van der Waals surface area contributed by atoms with Crippen LogP contribution in [0.1, 0.15) is 42.5 Å². The highest BCUT2D eigenvalue weighted by atomic mass is 16.5. The van der Waals surface area contributed by atoms with Gasteiger partial charge in [-0.3, -0.25) is 9.59 Å². The van der Waals surface area contributed by atoms with Crippen LogP contribution in [0.3, 0.4) is 0 Å². The predicted octanol–water partition coefficient (Wildman–Crippen LogP) is 4.73. The summed E-state index contributed by atoms with van der Waals surface area (Å²) in [4.78, 5) is 28.0. The van der Waals surface area contributed by atoms with Crippen molar-refractivity contribution in [1.29, 1.82) is 0 Å². The van der Waals surface area contributed by atoms with Crippen molar-refractivity contribution in [2.24, 2.45) is 7.05 Å². The van der Waals surface area contributed by atoms with Gasteiger partial charge in [-0.1, -0.05) is 25.1 Å². The van der Waals surface area contributed by atoms with Crippen LogP contribution in [0.4, 0.5) is 0 Å². The Bertz CT molecular complexity index is 1290. The number of hydrogen-bond acceptors (Lipinski definition) is 5. The van der Waals surface area contributed by atoms with Crippen molar-refractivity contribution in [2.45, 2.75) is 32.7 Å². The summed E-state index contributed by atoms with van der Waals surface area (Å²) in [5, 5.41) is 12.3. The van der Waals surface area contributed by atoms with Crippen LogP contribution in [-0.2, 0) is 21.4 Å². The number of ether oxygens (including phenoxy) is 2. The Labute approximate surface area is 205 Å². The van der Waals surface area contributed by atoms with E-state index in [1.54, 1.807) is 30.2 Å². The fourth-order valence-corrected chi connectivity index (χ4v) is 4.73. The van der Waals surface area contributed by atoms with Crippen molar-refractivity contribution in [1.82, 2.24) is 9.47 Å². The third-order valence-electron chi connectivity index (χ3n) is 6.42. The summed E-state index contributed by atoms with van der Waals surface area (Å²) in [5.41, 5.74) is 3.22. The fraction of sp³-hybridized carbons (Fsp3) is 0.357. The quantitative estimate of drug-likeness (QED) is 0.209. The molecule has 1 saturated heterocycles. The van der Waals surface area contributed by atoms with E-state index >= 15 is 0 Å². The van der Waals surface area contributed by atoms with Crippen molar-refractivity contribution in [3.8, 4) is 5.75 Å². The average Bonchev–Trinajstić information content (AvgIpc) is 3.31. The fourth-order valence-electron chi connectivity index (χ4n) is 4.73. The molecule has 1 aliphatic rings. The number of carbonyl (C=O) groups excluding carboxylic acids is 2. The molecule has 1 unspecified atom stereocenters. The number of nitrogens with zero attached hydrogens (tertiary/aromatic N) is 2. The number of para-hydroxylation sites is 1. The maximum Gasteiger partial charge on any atom is 0.295 e. The van der Waals surface area contributed by atoms with Crippen molar-refractivity contribution >= 4 is 28.4 Å². The molecular weight excluding hydrogens is 444 g/mol. The number of aliphatic hydroxyl groups excluding tert-OH is 1. The van der Waals surface area contributed by atoms with E-state index in [0.717, 1.165) is 34.2 Å². The number of aromatic nitrogens is 1. The van der Waals surface area contributed by atoms with Gasteiger partial charge in [0.25, 0.3) is 11.7 Å². The summed E-state index contributed by atoms with van der Waals surface area (Å²) in [6.45, 7) is 5.33. The van der Waals surface area contributed by atoms with Gasteiger partial charge in [0.05, 0.1) is 18.2 Å². The number of rotatable bonds is 9. The molecule has 2 heterocycles. The number of benzene rings is 2. The molecule has 0 spiro atoms. The molecule has 2 aromatic carbocycles. The van der Waals surface area contributed by atoms with E-state index in [1.807, 2.05) is 55.9 Å². The number of likely N-dealkylation sites (tertiary alicyclic amines) is 1. The zero-order chi connectivity index (χ0) is 25.1. The van der Waals surface area contributed by atoms with Gasteiger partial charge in [-0.05, 0) is 49.6 Å². The lowest BCUT2D eigenvalue weighted by atomic mass is 9.94. The molecule has 7 nitrogen and oxygen atoms in total. The highest BCUT2D eigenvalue weighted by Gasteiger charge is 2.46. The Kier molecular flexibility index (Phi) is 7.26. The van der Waals surface area contributed by atoms with Gasteiger partial charge in [0.2, 0.25) is 0 Å². The molecule has 1 amide bonds. The molecule has 0 aliphatic carbocycles. The summed E-state index contributed by atoms with van der Waals surface area (Å²) in [5.74, 6) is -0.739. The van der Waals surface area contributed by atoms with Crippen LogP contribution in [0.15, 0.2) is 54.2 Å². The predicted molar refractivity (Wildman–Crippen MR) is 135 cm³/mol. The Morgan fingerprint density at radius 2 is 1.89 bits per heavy atom. The van der Waals surface area contributed by atoms with Crippen molar-refractivity contribution in [2.75, 3.05) is 26.9 Å². The smallest absolute Gasteiger partial charge is 0.295 e. The highest BCUT2D eigenvalue weighted by Crippen LogP contribution is 2.42. The maximum atomic E-state index is 13.3. The molecule has 1 aromatic heterocycles. The maximum absolute atomic E-state index is 13.3. The van der Waals surface area contributed by atoms with Crippen molar-refractivity contribution in [3.05, 3.63) is 70.9 Å². The molecule has 3 aromatic rings. The largest absolute Gasteiger partial charge is 0.507 e. The topological polar surface area (TPSA) is 81.0 Å². The first-order chi connectivity index (χ1) is 16.9. The van der Waals surface area contributed by atoms with Gasteiger partial charge < -0.3 is 24.0 Å². The number of carbonyl (C=O) groups is 2. The second kappa shape index (κ2) is 10.4. The molecule has 4 rings (SSSR count). The molecule has 35 heavy (non-hydrogen) atoms. The lowest BCUT2D eigenvalue weighted by Gasteiger charge is -2.25. The number of Topliss-reactive ketones (excluding diaryl/α,β-unsaturated/α-hetero) is 1. The molecule has 1 N–H and O–H groups in total. The van der Waals surface area contributed by atoms with E-state index in [0.29, 0.717) is 31.7 Å². The summed E-state index contributed by atoms with van der Waals surface area (Å²) in [6, 6.07) is 12.5. The standard InChI is InChI=1S/C28H32N2O5/c1-5-14-35-23-12-11-19(16-18(23)2)26(31)24-25(30(13-8-15-34-4)28(33)27(24)32)21-17-29(3)22-10-7-6-9-20(21)22/h6-7,9-12,16-17,25,31H,5,8,13-15H2,1-4H3/b26-24+. The zero-order valence-corrected chi connectivity index (χ0v) is 20.7. The van der Waals surface area contributed by atoms with Crippen LogP contribution in [0.2, 0.25) is 0 Å². The second-order valence-electron chi connectivity index (χ2n) is 8.88. The molecule has 0 bridgehead atoms. The van der Waals surface area contributed by atoms with Gasteiger partial charge in [-0.15, -0.1) is 0 Å². The number of ketones is 1. The number of methoxy groups -OCH3 is 1. The molecule has 0 saturated carbocycles. The van der Waals surface area contributed by atoms with Crippen LogP contribution >= 0.6 is 0 Å². The molecule has 1 atom stereocenters. The van der Waals surface area contributed by atoms with Crippen molar-refractivity contribution < 1.29 is 24.2 Å². The molecule has 1 aliphatic heterocycles. The molecule has 7 heteroatoms. The summed E-state index contributed by atoms with van der Waals surface area (Å²) in [7, 11) is 3.54. The lowest BCUT2D eigenvalue weighted by Crippen LogP contribution is -2.31. The van der Waals surface area contributed by atoms with Crippen LogP contribution in [-0.4, -0.2) is 53.1 Å². The summed E-state index contributed by atoms with van der Waals surface area (Å²) in [6.07, 6.45) is 3.40. The van der Waals surface area contributed by atoms with Crippen LogP contribution in [0.25, 0.3) is 16.7 Å². The number of aryl methyl sites for hydroxylation is 2. The molecule has 184 valence electrons. The molecule has 1 fully saturated rings. The van der Waals surface area contributed by atoms with Gasteiger partial charge in [-0.25, -0.2) is 0 Å². The number of amides is 1. The van der Waals surface area contributed by atoms with E-state index in [1.165, 1.54) is 0 Å². The average molecular weight is 477 g/mol. The minimum absolute atomic E-state index is 0.102. The normalized spacial score (nSPS) is 17.5. The van der Waals surface area contributed by atoms with E-state index in [-0.39, 0.29) is 11.3 Å². The zero-order valence-electron chi connectivity index (χ0n) is 20.7. The first-order valence-electron chi connectivity index (χ1n) is 11.9. The highest BCUT2D eigenvalue weighted by molar-refractivity contribution is 6.46. The Morgan fingerprint density at radius 1 is 1.11 bits per heavy atom. The lowest BCUT2D eigenvalue weighted by molar-refractivity contribution is -0.140. The minimum Gasteiger partial charge on any atom is -0.507 e. The Balaban J connectivity index is 1.86. The van der Waals surface area contributed by atoms with Crippen LogP contribution in [0.5, 0.6) is 5.75 Å².